The maximum absolute atomic E-state index is 6.44. The SMILES string of the molecule is C1=C2CCOC3CCN4c5ccccc5C56CCN1C5CC2C3C46. The maximum atomic E-state index is 6.44. The van der Waals surface area contributed by atoms with E-state index in [0.29, 0.717) is 23.5 Å². The number of hydrogen-bond acceptors (Lipinski definition) is 3. The molecule has 1 aromatic carbocycles. The molecule has 3 saturated heterocycles. The number of para-hydroxylation sites is 1. The van der Waals surface area contributed by atoms with Crippen LogP contribution in [0.1, 0.15) is 31.2 Å². The molecule has 3 nitrogen and oxygen atoms in total. The van der Waals surface area contributed by atoms with Gasteiger partial charge in [-0.2, -0.15) is 0 Å². The summed E-state index contributed by atoms with van der Waals surface area (Å²) in [6, 6.07) is 10.7. The molecule has 5 aliphatic heterocycles. The number of nitrogens with zero attached hydrogens (tertiary/aromatic N) is 2. The number of piperidine rings is 1. The van der Waals surface area contributed by atoms with Gasteiger partial charge in [-0.15, -0.1) is 0 Å². The molecule has 3 heteroatoms. The molecule has 7 rings (SSSR count). The van der Waals surface area contributed by atoms with Crippen molar-refractivity contribution in [2.45, 2.75) is 49.3 Å². The van der Waals surface area contributed by atoms with Crippen LogP contribution in [0.5, 0.6) is 0 Å². The summed E-state index contributed by atoms with van der Waals surface area (Å²) in [5.41, 5.74) is 5.25. The van der Waals surface area contributed by atoms with E-state index < -0.39 is 0 Å². The lowest BCUT2D eigenvalue weighted by Crippen LogP contribution is -2.66. The first-order valence-corrected chi connectivity index (χ1v) is 9.82. The van der Waals surface area contributed by atoms with E-state index in [1.165, 1.54) is 32.4 Å². The van der Waals surface area contributed by atoms with Crippen LogP contribution in [0, 0.1) is 11.8 Å². The summed E-state index contributed by atoms with van der Waals surface area (Å²) in [6.07, 6.45) is 8.12. The molecule has 0 N–H and O–H groups in total. The molecule has 0 amide bonds. The van der Waals surface area contributed by atoms with Gasteiger partial charge in [-0.25, -0.2) is 0 Å². The molecular formula is C21H24N2O. The summed E-state index contributed by atoms with van der Waals surface area (Å²) in [6.45, 7) is 3.37. The van der Waals surface area contributed by atoms with Gasteiger partial charge in [0.25, 0.3) is 0 Å². The zero-order valence-electron chi connectivity index (χ0n) is 14.0. The fourth-order valence-electron chi connectivity index (χ4n) is 7.63. The van der Waals surface area contributed by atoms with E-state index in [9.17, 15) is 0 Å². The summed E-state index contributed by atoms with van der Waals surface area (Å²) < 4.78 is 6.44. The molecule has 2 bridgehead atoms. The predicted octanol–water partition coefficient (Wildman–Crippen LogP) is 2.91. The molecule has 1 aliphatic carbocycles. The summed E-state index contributed by atoms with van der Waals surface area (Å²) in [5, 5.41) is 0. The predicted molar refractivity (Wildman–Crippen MR) is 93.0 cm³/mol. The van der Waals surface area contributed by atoms with Gasteiger partial charge in [-0.3, -0.25) is 0 Å². The normalized spacial score (nSPS) is 46.5. The van der Waals surface area contributed by atoms with Crippen molar-refractivity contribution < 1.29 is 4.74 Å². The highest BCUT2D eigenvalue weighted by molar-refractivity contribution is 5.67. The molecule has 4 fully saturated rings. The molecule has 6 unspecified atom stereocenters. The largest absolute Gasteiger partial charge is 0.377 e. The van der Waals surface area contributed by atoms with E-state index in [4.69, 9.17) is 4.74 Å². The number of hydrogen-bond donors (Lipinski definition) is 0. The van der Waals surface area contributed by atoms with Crippen LogP contribution in [0.2, 0.25) is 0 Å². The van der Waals surface area contributed by atoms with E-state index in [0.717, 1.165) is 25.0 Å². The minimum absolute atomic E-state index is 0.353. The fraction of sp³-hybridized carbons (Fsp3) is 0.619. The van der Waals surface area contributed by atoms with Gasteiger partial charge in [0.05, 0.1) is 12.7 Å². The molecule has 1 saturated carbocycles. The minimum Gasteiger partial charge on any atom is -0.377 e. The van der Waals surface area contributed by atoms with Crippen molar-refractivity contribution in [1.29, 1.82) is 0 Å². The summed E-state index contributed by atoms with van der Waals surface area (Å²) in [7, 11) is 0. The third-order valence-electron chi connectivity index (χ3n) is 8.28. The van der Waals surface area contributed by atoms with E-state index in [1.54, 1.807) is 16.8 Å². The number of ether oxygens (including phenoxy) is 1. The highest BCUT2D eigenvalue weighted by Gasteiger charge is 2.69. The number of rotatable bonds is 0. The van der Waals surface area contributed by atoms with Crippen LogP contribution in [0.15, 0.2) is 36.0 Å². The van der Waals surface area contributed by atoms with E-state index in [-0.39, 0.29) is 0 Å². The van der Waals surface area contributed by atoms with Crippen molar-refractivity contribution in [3.05, 3.63) is 41.6 Å². The first-order chi connectivity index (χ1) is 11.9. The maximum Gasteiger partial charge on any atom is 0.0646 e. The first-order valence-electron chi connectivity index (χ1n) is 9.82. The third kappa shape index (κ3) is 1.21. The van der Waals surface area contributed by atoms with Crippen molar-refractivity contribution in [3.63, 3.8) is 0 Å². The zero-order valence-corrected chi connectivity index (χ0v) is 14.0. The van der Waals surface area contributed by atoms with Gasteiger partial charge in [-0.1, -0.05) is 18.2 Å². The van der Waals surface area contributed by atoms with Gasteiger partial charge in [0.15, 0.2) is 0 Å². The highest BCUT2D eigenvalue weighted by atomic mass is 16.5. The van der Waals surface area contributed by atoms with Crippen LogP contribution in [-0.4, -0.2) is 42.8 Å². The van der Waals surface area contributed by atoms with Crippen LogP contribution in [0.3, 0.4) is 0 Å². The lowest BCUT2D eigenvalue weighted by molar-refractivity contribution is -0.0489. The molecule has 124 valence electrons. The van der Waals surface area contributed by atoms with Crippen LogP contribution >= 0.6 is 0 Å². The Balaban J connectivity index is 1.54. The molecule has 0 aromatic heterocycles. The average molecular weight is 320 g/mol. The molecule has 5 heterocycles. The van der Waals surface area contributed by atoms with Crippen LogP contribution < -0.4 is 4.90 Å². The molecular weight excluding hydrogens is 296 g/mol. The monoisotopic (exact) mass is 320 g/mol. The first kappa shape index (κ1) is 12.8. The van der Waals surface area contributed by atoms with Crippen molar-refractivity contribution in [3.8, 4) is 0 Å². The Morgan fingerprint density at radius 1 is 1.17 bits per heavy atom. The Labute approximate surface area is 143 Å². The summed E-state index contributed by atoms with van der Waals surface area (Å²) in [5.74, 6) is 1.48. The van der Waals surface area contributed by atoms with Gasteiger partial charge < -0.3 is 14.5 Å². The number of anilines is 1. The third-order valence-corrected chi connectivity index (χ3v) is 8.28. The van der Waals surface area contributed by atoms with Gasteiger partial charge in [0, 0.05) is 42.2 Å². The zero-order chi connectivity index (χ0) is 15.5. The van der Waals surface area contributed by atoms with Crippen molar-refractivity contribution in [2.24, 2.45) is 11.8 Å². The van der Waals surface area contributed by atoms with Crippen molar-refractivity contribution in [2.75, 3.05) is 24.6 Å². The second-order valence-electron chi connectivity index (χ2n) is 8.77. The van der Waals surface area contributed by atoms with Gasteiger partial charge >= 0.3 is 0 Å². The highest BCUT2D eigenvalue weighted by Crippen LogP contribution is 2.65. The molecule has 6 atom stereocenters. The Kier molecular flexibility index (Phi) is 2.14. The van der Waals surface area contributed by atoms with E-state index >= 15 is 0 Å². The second kappa shape index (κ2) is 4.01. The Morgan fingerprint density at radius 3 is 3.12 bits per heavy atom. The molecule has 0 radical (unpaired) electrons. The minimum atomic E-state index is 0.353. The topological polar surface area (TPSA) is 15.7 Å². The van der Waals surface area contributed by atoms with Crippen molar-refractivity contribution >= 4 is 5.69 Å². The Bertz CT molecular complexity index is 773. The van der Waals surface area contributed by atoms with Gasteiger partial charge in [0.2, 0.25) is 0 Å². The van der Waals surface area contributed by atoms with Gasteiger partial charge in [-0.05, 0) is 55.0 Å². The summed E-state index contributed by atoms with van der Waals surface area (Å²) in [4.78, 5) is 5.52. The van der Waals surface area contributed by atoms with E-state index in [2.05, 4.69) is 40.3 Å². The molecule has 6 aliphatic rings. The molecule has 24 heavy (non-hydrogen) atoms. The summed E-state index contributed by atoms with van der Waals surface area (Å²) >= 11 is 0. The molecule has 1 spiro atoms. The standard InChI is InChI=1S/C21H24N2O/c1-2-4-16-15(3-1)21-7-9-22-12-13-6-10-24-17-5-8-23(16)20(21)19(17)14(13)11-18(21)22/h1-4,12,14,17-20H,5-11H2. The lowest BCUT2D eigenvalue weighted by Gasteiger charge is -2.58. The second-order valence-corrected chi connectivity index (χ2v) is 8.77. The van der Waals surface area contributed by atoms with E-state index in [1.807, 2.05) is 0 Å². The van der Waals surface area contributed by atoms with Crippen LogP contribution in [-0.2, 0) is 10.2 Å². The Hall–Kier alpha value is -1.48. The molecule has 1 aromatic rings. The van der Waals surface area contributed by atoms with Crippen molar-refractivity contribution in [1.82, 2.24) is 4.90 Å². The number of fused-ring (bicyclic) bond motifs is 2. The van der Waals surface area contributed by atoms with Crippen LogP contribution in [0.4, 0.5) is 5.69 Å². The number of benzene rings is 1. The van der Waals surface area contributed by atoms with Gasteiger partial charge in [0.1, 0.15) is 0 Å². The van der Waals surface area contributed by atoms with Crippen LogP contribution in [0.25, 0.3) is 0 Å². The smallest absolute Gasteiger partial charge is 0.0646 e. The quantitative estimate of drug-likeness (QED) is 0.731. The fourth-order valence-corrected chi connectivity index (χ4v) is 7.63. The lowest BCUT2D eigenvalue weighted by atomic mass is 9.54. The Morgan fingerprint density at radius 2 is 2.12 bits per heavy atom. The average Bonchev–Trinajstić information content (AvgIpc) is 3.08.